The van der Waals surface area contributed by atoms with Crippen molar-refractivity contribution < 1.29 is 19.1 Å². The maximum atomic E-state index is 14.8. The first-order valence-corrected chi connectivity index (χ1v) is 10.5. The Bertz CT molecular complexity index is 1070. The number of hydrogen-bond donors (Lipinski definition) is 2. The highest BCUT2D eigenvalue weighted by molar-refractivity contribution is 6.06. The summed E-state index contributed by atoms with van der Waals surface area (Å²) in [5, 5.41) is 9.79. The van der Waals surface area contributed by atoms with Gasteiger partial charge in [-0.05, 0) is 30.4 Å². The number of hydrogen-bond acceptors (Lipinski definition) is 5. The van der Waals surface area contributed by atoms with Crippen LogP contribution in [0.25, 0.3) is 0 Å². The molecule has 1 saturated heterocycles. The highest BCUT2D eigenvalue weighted by Crippen LogP contribution is 2.41. The zero-order valence-electron chi connectivity index (χ0n) is 18.5. The van der Waals surface area contributed by atoms with Gasteiger partial charge in [-0.3, -0.25) is 9.80 Å². The Morgan fingerprint density at radius 1 is 1.31 bits per heavy atom. The molecular weight excluding hydrogens is 415 g/mol. The van der Waals surface area contributed by atoms with Crippen LogP contribution >= 0.6 is 0 Å². The maximum absolute atomic E-state index is 14.8. The van der Waals surface area contributed by atoms with Crippen molar-refractivity contribution in [3.63, 3.8) is 0 Å². The Kier molecular flexibility index (Phi) is 5.18. The van der Waals surface area contributed by atoms with Gasteiger partial charge in [0.25, 0.3) is 0 Å². The summed E-state index contributed by atoms with van der Waals surface area (Å²) < 4.78 is 14.8. The molecule has 1 fully saturated rings. The van der Waals surface area contributed by atoms with Crippen molar-refractivity contribution in [2.75, 3.05) is 22.1 Å². The Labute approximate surface area is 185 Å². The summed E-state index contributed by atoms with van der Waals surface area (Å²) in [5.74, 6) is -0.152. The molecule has 2 aromatic rings. The number of benzene rings is 1. The summed E-state index contributed by atoms with van der Waals surface area (Å²) >= 11 is 0. The van der Waals surface area contributed by atoms with Crippen molar-refractivity contribution >= 4 is 29.6 Å². The predicted octanol–water partition coefficient (Wildman–Crippen LogP) is 3.62. The number of halogens is 1. The molecule has 9 nitrogen and oxygen atoms in total. The van der Waals surface area contributed by atoms with Gasteiger partial charge in [0.1, 0.15) is 11.6 Å². The van der Waals surface area contributed by atoms with Gasteiger partial charge in [0.2, 0.25) is 5.95 Å². The van der Waals surface area contributed by atoms with Crippen LogP contribution in [0.1, 0.15) is 38.3 Å². The van der Waals surface area contributed by atoms with E-state index in [0.29, 0.717) is 23.4 Å². The number of urea groups is 1. The molecule has 170 valence electrons. The molecule has 0 aliphatic carbocycles. The van der Waals surface area contributed by atoms with Crippen molar-refractivity contribution in [2.45, 2.75) is 52.7 Å². The fourth-order valence-corrected chi connectivity index (χ4v) is 4.93. The van der Waals surface area contributed by atoms with Crippen molar-refractivity contribution in [1.29, 1.82) is 0 Å². The Morgan fingerprint density at radius 3 is 2.66 bits per heavy atom. The van der Waals surface area contributed by atoms with Crippen LogP contribution in [0, 0.1) is 18.2 Å². The van der Waals surface area contributed by atoms with Gasteiger partial charge in [0.05, 0.1) is 24.3 Å². The van der Waals surface area contributed by atoms with Crippen LogP contribution in [-0.2, 0) is 6.54 Å². The minimum Gasteiger partial charge on any atom is -0.465 e. The summed E-state index contributed by atoms with van der Waals surface area (Å²) in [6.07, 6.45) is 0.921. The van der Waals surface area contributed by atoms with Crippen LogP contribution in [0.15, 0.2) is 24.4 Å². The average molecular weight is 442 g/mol. The second kappa shape index (κ2) is 7.61. The molecule has 1 aromatic carbocycles. The SMILES string of the molecule is Cc1cccc(F)c1N1Cc2cnc(N)nc2N([C@H]2CCN(C(=O)O)C2C(C)(C)C)C1=O. The highest BCUT2D eigenvalue weighted by atomic mass is 19.1. The number of aromatic nitrogens is 2. The predicted molar refractivity (Wildman–Crippen MR) is 118 cm³/mol. The number of carbonyl (C=O) groups is 2. The van der Waals surface area contributed by atoms with Crippen LogP contribution in [0.3, 0.4) is 0 Å². The van der Waals surface area contributed by atoms with Gasteiger partial charge in [0.15, 0.2) is 0 Å². The van der Waals surface area contributed by atoms with Crippen molar-refractivity contribution in [3.8, 4) is 0 Å². The molecule has 2 aliphatic heterocycles. The number of carboxylic acid groups (broad SMARTS) is 1. The maximum Gasteiger partial charge on any atom is 0.407 e. The molecule has 3 N–H and O–H groups in total. The van der Waals surface area contributed by atoms with E-state index in [4.69, 9.17) is 5.73 Å². The smallest absolute Gasteiger partial charge is 0.407 e. The lowest BCUT2D eigenvalue weighted by Crippen LogP contribution is -2.59. The normalized spacial score (nSPS) is 21.2. The molecule has 4 rings (SSSR count). The number of nitrogens with two attached hydrogens (primary N) is 1. The molecule has 0 radical (unpaired) electrons. The molecule has 1 aromatic heterocycles. The van der Waals surface area contributed by atoms with Crippen molar-refractivity contribution in [2.24, 2.45) is 5.41 Å². The molecule has 0 saturated carbocycles. The number of anilines is 3. The minimum atomic E-state index is -1.04. The van der Waals surface area contributed by atoms with Gasteiger partial charge in [-0.25, -0.2) is 19.0 Å². The van der Waals surface area contributed by atoms with Gasteiger partial charge in [-0.15, -0.1) is 0 Å². The molecular formula is C22H27FN6O3. The topological polar surface area (TPSA) is 116 Å². The third-order valence-electron chi connectivity index (χ3n) is 6.14. The van der Waals surface area contributed by atoms with Gasteiger partial charge in [0, 0.05) is 18.3 Å². The van der Waals surface area contributed by atoms with Crippen molar-refractivity contribution in [1.82, 2.24) is 14.9 Å². The summed E-state index contributed by atoms with van der Waals surface area (Å²) in [6.45, 7) is 7.92. The van der Waals surface area contributed by atoms with Crippen LogP contribution in [-0.4, -0.2) is 50.7 Å². The average Bonchev–Trinajstić information content (AvgIpc) is 3.14. The van der Waals surface area contributed by atoms with Crippen LogP contribution in [0.5, 0.6) is 0 Å². The molecule has 2 aliphatic rings. The second-order valence-electron chi connectivity index (χ2n) is 9.36. The third kappa shape index (κ3) is 3.49. The Hall–Kier alpha value is -3.43. The number of nitrogens with zero attached hydrogens (tertiary/aromatic N) is 5. The molecule has 10 heteroatoms. The van der Waals surface area contributed by atoms with E-state index in [9.17, 15) is 19.1 Å². The summed E-state index contributed by atoms with van der Waals surface area (Å²) in [7, 11) is 0. The first-order valence-electron chi connectivity index (χ1n) is 10.5. The number of para-hydroxylation sites is 1. The zero-order chi connectivity index (χ0) is 23.4. The lowest BCUT2D eigenvalue weighted by atomic mass is 9.82. The standard InChI is InChI=1S/C22H27FN6O3/c1-12-6-5-7-14(23)16(12)28-11-13-10-25-19(24)26-18(13)29(20(28)30)15-8-9-27(21(31)32)17(15)22(2,3)4/h5-7,10,15,17H,8-9,11H2,1-4H3,(H,31,32)(H2,24,25,26)/t15-,17?/m0/s1. The first kappa shape index (κ1) is 21.8. The summed E-state index contributed by atoms with van der Waals surface area (Å²) in [5.41, 5.74) is 6.79. The number of aryl methyl sites for hydroxylation is 1. The van der Waals surface area contributed by atoms with E-state index in [1.165, 1.54) is 27.0 Å². The van der Waals surface area contributed by atoms with E-state index in [1.54, 1.807) is 19.1 Å². The number of likely N-dealkylation sites (tertiary alicyclic amines) is 1. The number of fused-ring (bicyclic) bond motifs is 1. The van der Waals surface area contributed by atoms with Crippen LogP contribution < -0.4 is 15.5 Å². The Balaban J connectivity index is 1.87. The second-order valence-corrected chi connectivity index (χ2v) is 9.36. The molecule has 3 amide bonds. The summed E-state index contributed by atoms with van der Waals surface area (Å²) in [6, 6.07) is 3.20. The number of amides is 3. The monoisotopic (exact) mass is 442 g/mol. The van der Waals surface area contributed by atoms with E-state index >= 15 is 0 Å². The zero-order valence-corrected chi connectivity index (χ0v) is 18.5. The van der Waals surface area contributed by atoms with Crippen molar-refractivity contribution in [3.05, 3.63) is 41.3 Å². The van der Waals surface area contributed by atoms with E-state index < -0.39 is 35.4 Å². The van der Waals surface area contributed by atoms with E-state index in [2.05, 4.69) is 9.97 Å². The molecule has 0 spiro atoms. The van der Waals surface area contributed by atoms with Crippen LogP contribution in [0.4, 0.5) is 31.4 Å². The molecule has 0 bridgehead atoms. The Morgan fingerprint density at radius 2 is 2.03 bits per heavy atom. The van der Waals surface area contributed by atoms with E-state index in [-0.39, 0.29) is 24.7 Å². The lowest BCUT2D eigenvalue weighted by molar-refractivity contribution is 0.101. The molecule has 1 unspecified atom stereocenters. The van der Waals surface area contributed by atoms with Crippen LogP contribution in [0.2, 0.25) is 0 Å². The number of nitrogen functional groups attached to an aromatic ring is 1. The quantitative estimate of drug-likeness (QED) is 0.734. The highest BCUT2D eigenvalue weighted by Gasteiger charge is 2.51. The largest absolute Gasteiger partial charge is 0.465 e. The molecule has 3 heterocycles. The molecule has 2 atom stereocenters. The fourth-order valence-electron chi connectivity index (χ4n) is 4.93. The van der Waals surface area contributed by atoms with E-state index in [1.807, 2.05) is 20.8 Å². The fraction of sp³-hybridized carbons (Fsp3) is 0.455. The number of carbonyl (C=O) groups excluding carboxylic acids is 1. The lowest BCUT2D eigenvalue weighted by Gasteiger charge is -2.44. The van der Waals surface area contributed by atoms with Gasteiger partial charge in [-0.1, -0.05) is 32.9 Å². The first-order chi connectivity index (χ1) is 15.0. The number of rotatable bonds is 2. The van der Waals surface area contributed by atoms with Gasteiger partial charge < -0.3 is 15.7 Å². The van der Waals surface area contributed by atoms with E-state index in [0.717, 1.165) is 0 Å². The molecule has 32 heavy (non-hydrogen) atoms. The minimum absolute atomic E-state index is 0.0115. The third-order valence-corrected chi connectivity index (χ3v) is 6.14. The summed E-state index contributed by atoms with van der Waals surface area (Å²) in [4.78, 5) is 38.4. The van der Waals surface area contributed by atoms with Gasteiger partial charge in [-0.2, -0.15) is 4.98 Å². The van der Waals surface area contributed by atoms with Gasteiger partial charge >= 0.3 is 12.1 Å².